The maximum absolute atomic E-state index is 9.56. The fourth-order valence-electron chi connectivity index (χ4n) is 4.31. The third-order valence-electron chi connectivity index (χ3n) is 5.63. The molecule has 0 heterocycles. The summed E-state index contributed by atoms with van der Waals surface area (Å²) in [4.78, 5) is 5.28. The van der Waals surface area contributed by atoms with Gasteiger partial charge in [-0.3, -0.25) is 4.99 Å². The highest BCUT2D eigenvalue weighted by Crippen LogP contribution is 2.44. The van der Waals surface area contributed by atoms with Crippen LogP contribution in [0.15, 0.2) is 57.1 Å². The fourth-order valence-corrected chi connectivity index (χ4v) is 5.35. The topological polar surface area (TPSA) is 62.2 Å². The van der Waals surface area contributed by atoms with E-state index in [2.05, 4.69) is 56.8 Å². The van der Waals surface area contributed by atoms with Crippen LogP contribution in [0.5, 0.6) is 0 Å². The van der Waals surface area contributed by atoms with Crippen LogP contribution in [0.3, 0.4) is 0 Å². The predicted octanol–water partition coefficient (Wildman–Crippen LogP) is 5.92. The lowest BCUT2D eigenvalue weighted by Gasteiger charge is -2.24. The molecule has 0 radical (unpaired) electrons. The molecule has 1 aromatic rings. The number of nitriles is 1. The van der Waals surface area contributed by atoms with E-state index in [0.29, 0.717) is 11.8 Å². The van der Waals surface area contributed by atoms with Crippen molar-refractivity contribution in [1.82, 2.24) is 0 Å². The first-order valence-corrected chi connectivity index (χ1v) is 11.4. The van der Waals surface area contributed by atoms with Crippen LogP contribution in [0.2, 0.25) is 0 Å². The molecule has 2 N–H and O–H groups in total. The Kier molecular flexibility index (Phi) is 7.16. The standard InChI is InChI=1S/C25H31N3S/c1-16(2)9-19-6-5-18(12-20(19)13-26)15-29-25(14-28-4)23-11-17(3)10-22-21(23)7-8-24(22)27/h5-6,10,12,14,16-17,24H,4,7-9,11,15,27H2,1-3H3/b25-14-. The van der Waals surface area contributed by atoms with Gasteiger partial charge in [-0.25, -0.2) is 0 Å². The van der Waals surface area contributed by atoms with E-state index in [1.165, 1.54) is 27.2 Å². The van der Waals surface area contributed by atoms with Gasteiger partial charge in [0.05, 0.1) is 11.6 Å². The van der Waals surface area contributed by atoms with Gasteiger partial charge in [0.25, 0.3) is 0 Å². The summed E-state index contributed by atoms with van der Waals surface area (Å²) in [6, 6.07) is 8.85. The molecule has 2 aliphatic carbocycles. The average Bonchev–Trinajstić information content (AvgIpc) is 3.05. The lowest BCUT2D eigenvalue weighted by Crippen LogP contribution is -2.20. The number of fused-ring (bicyclic) bond motifs is 1. The Labute approximate surface area is 179 Å². The van der Waals surface area contributed by atoms with Crippen LogP contribution in [0.1, 0.15) is 56.7 Å². The zero-order chi connectivity index (χ0) is 21.0. The number of aliphatic imine (C=N–C) groups is 1. The molecule has 1 saturated carbocycles. The van der Waals surface area contributed by atoms with Crippen molar-refractivity contribution in [3.05, 3.63) is 68.8 Å². The highest BCUT2D eigenvalue weighted by molar-refractivity contribution is 8.02. The molecule has 0 aliphatic heterocycles. The molecule has 0 amide bonds. The lowest BCUT2D eigenvalue weighted by atomic mass is 9.86. The summed E-state index contributed by atoms with van der Waals surface area (Å²) in [6.45, 7) is 10.3. The third kappa shape index (κ3) is 5.10. The highest BCUT2D eigenvalue weighted by atomic mass is 32.2. The number of benzene rings is 1. The molecular formula is C25H31N3S. The second-order valence-electron chi connectivity index (χ2n) is 8.57. The van der Waals surface area contributed by atoms with Crippen molar-refractivity contribution >= 4 is 18.5 Å². The van der Waals surface area contributed by atoms with Gasteiger partial charge in [-0.15, -0.1) is 11.8 Å². The minimum absolute atomic E-state index is 0.164. The number of hydrogen-bond acceptors (Lipinski definition) is 4. The van der Waals surface area contributed by atoms with E-state index in [9.17, 15) is 5.26 Å². The van der Waals surface area contributed by atoms with Crippen LogP contribution in [0, 0.1) is 23.2 Å². The van der Waals surface area contributed by atoms with E-state index >= 15 is 0 Å². The van der Waals surface area contributed by atoms with Crippen LogP contribution in [0.4, 0.5) is 0 Å². The maximum Gasteiger partial charge on any atom is 0.0994 e. The van der Waals surface area contributed by atoms with Crippen LogP contribution in [-0.2, 0) is 12.2 Å². The summed E-state index contributed by atoms with van der Waals surface area (Å²) in [5, 5.41) is 9.56. The Hall–Kier alpha value is -2.09. The molecule has 0 saturated heterocycles. The molecule has 2 atom stereocenters. The molecule has 2 aliphatic rings. The van der Waals surface area contributed by atoms with Crippen molar-refractivity contribution in [1.29, 1.82) is 5.26 Å². The first kappa shape index (κ1) is 21.6. The second-order valence-corrected chi connectivity index (χ2v) is 9.59. The van der Waals surface area contributed by atoms with Crippen molar-refractivity contribution in [3.8, 4) is 6.07 Å². The molecule has 29 heavy (non-hydrogen) atoms. The van der Waals surface area contributed by atoms with Crippen molar-refractivity contribution in [2.24, 2.45) is 22.6 Å². The summed E-state index contributed by atoms with van der Waals surface area (Å²) < 4.78 is 0. The Bertz CT molecular complexity index is 914. The van der Waals surface area contributed by atoms with E-state index in [1.807, 2.05) is 12.3 Å². The smallest absolute Gasteiger partial charge is 0.0994 e. The van der Waals surface area contributed by atoms with Gasteiger partial charge in [-0.05, 0) is 78.1 Å². The van der Waals surface area contributed by atoms with Crippen molar-refractivity contribution in [2.75, 3.05) is 0 Å². The number of allylic oxidation sites excluding steroid dienone is 2. The summed E-state index contributed by atoms with van der Waals surface area (Å²) in [7, 11) is 0. The average molecular weight is 406 g/mol. The van der Waals surface area contributed by atoms with Gasteiger partial charge in [0.1, 0.15) is 0 Å². The normalized spacial score (nSPS) is 21.8. The van der Waals surface area contributed by atoms with Crippen molar-refractivity contribution in [3.63, 3.8) is 0 Å². The number of thioether (sulfide) groups is 1. The number of nitrogens with zero attached hydrogens (tertiary/aromatic N) is 2. The zero-order valence-electron chi connectivity index (χ0n) is 17.7. The first-order chi connectivity index (χ1) is 13.9. The predicted molar refractivity (Wildman–Crippen MR) is 125 cm³/mol. The lowest BCUT2D eigenvalue weighted by molar-refractivity contribution is 0.646. The fraction of sp³-hybridized carbons (Fsp3) is 0.440. The van der Waals surface area contributed by atoms with Crippen LogP contribution in [-0.4, -0.2) is 12.8 Å². The molecule has 4 heteroatoms. The highest BCUT2D eigenvalue weighted by Gasteiger charge is 2.30. The zero-order valence-corrected chi connectivity index (χ0v) is 18.6. The second kappa shape index (κ2) is 9.61. The van der Waals surface area contributed by atoms with Crippen LogP contribution in [0.25, 0.3) is 0 Å². The van der Waals surface area contributed by atoms with Crippen LogP contribution < -0.4 is 5.73 Å². The van der Waals surface area contributed by atoms with Gasteiger partial charge in [0.15, 0.2) is 0 Å². The number of rotatable bonds is 7. The molecule has 0 spiro atoms. The van der Waals surface area contributed by atoms with Gasteiger partial charge >= 0.3 is 0 Å². The van der Waals surface area contributed by atoms with Crippen molar-refractivity contribution in [2.45, 2.75) is 58.2 Å². The quantitative estimate of drug-likeness (QED) is 0.573. The Morgan fingerprint density at radius 1 is 1.45 bits per heavy atom. The van der Waals surface area contributed by atoms with Gasteiger partial charge in [-0.2, -0.15) is 5.26 Å². The third-order valence-corrected chi connectivity index (χ3v) is 6.77. The van der Waals surface area contributed by atoms with E-state index in [0.717, 1.165) is 42.6 Å². The molecule has 2 unspecified atom stereocenters. The molecule has 3 rings (SSSR count). The van der Waals surface area contributed by atoms with Crippen LogP contribution >= 0.6 is 11.8 Å². The van der Waals surface area contributed by atoms with Gasteiger partial charge < -0.3 is 5.73 Å². The first-order valence-electron chi connectivity index (χ1n) is 10.4. The molecule has 1 fully saturated rings. The monoisotopic (exact) mass is 405 g/mol. The van der Waals surface area contributed by atoms with Gasteiger partial charge in [0, 0.05) is 22.9 Å². The Morgan fingerprint density at radius 2 is 2.24 bits per heavy atom. The SMILES string of the molecule is C=N/C=C(\SCc1ccc(CC(C)C)c(C#N)c1)C1=C2CCC(N)C2=CC(C)C1. The number of nitrogens with two attached hydrogens (primary N) is 1. The maximum atomic E-state index is 9.56. The molecular weight excluding hydrogens is 374 g/mol. The van der Waals surface area contributed by atoms with E-state index in [-0.39, 0.29) is 6.04 Å². The Morgan fingerprint density at radius 3 is 2.93 bits per heavy atom. The Balaban J connectivity index is 1.82. The van der Waals surface area contributed by atoms with Gasteiger partial charge in [-0.1, -0.05) is 39.0 Å². The molecule has 0 bridgehead atoms. The molecule has 3 nitrogen and oxygen atoms in total. The largest absolute Gasteiger partial charge is 0.324 e. The summed E-state index contributed by atoms with van der Waals surface area (Å²) in [5.41, 5.74) is 13.6. The van der Waals surface area contributed by atoms with E-state index < -0.39 is 0 Å². The minimum atomic E-state index is 0.164. The van der Waals surface area contributed by atoms with E-state index in [1.54, 1.807) is 11.8 Å². The summed E-state index contributed by atoms with van der Waals surface area (Å²) in [5.74, 6) is 1.84. The van der Waals surface area contributed by atoms with Gasteiger partial charge in [0.2, 0.25) is 0 Å². The van der Waals surface area contributed by atoms with Crippen molar-refractivity contribution < 1.29 is 0 Å². The summed E-state index contributed by atoms with van der Waals surface area (Å²) >= 11 is 1.79. The molecule has 152 valence electrons. The number of hydrogen-bond donors (Lipinski definition) is 1. The minimum Gasteiger partial charge on any atom is -0.324 e. The molecule has 1 aromatic carbocycles. The summed E-state index contributed by atoms with van der Waals surface area (Å²) in [6.07, 6.45) is 8.28. The van der Waals surface area contributed by atoms with E-state index in [4.69, 9.17) is 5.73 Å². The molecule has 0 aromatic heterocycles.